The largest absolute Gasteiger partial charge is 0.379 e. The molecule has 0 saturated carbocycles. The number of nitrogens with one attached hydrogen (secondary N) is 1. The molecule has 190 valence electrons. The Bertz CT molecular complexity index is 1430. The van der Waals surface area contributed by atoms with Gasteiger partial charge < -0.3 is 10.1 Å². The van der Waals surface area contributed by atoms with Crippen molar-refractivity contribution in [3.05, 3.63) is 83.9 Å². The number of halogens is 1. The number of benzene rings is 3. The molecule has 36 heavy (non-hydrogen) atoms. The first-order chi connectivity index (χ1) is 17.2. The van der Waals surface area contributed by atoms with E-state index in [4.69, 9.17) is 16.3 Å². The van der Waals surface area contributed by atoms with Gasteiger partial charge in [-0.05, 0) is 48.5 Å². The van der Waals surface area contributed by atoms with E-state index in [0.717, 1.165) is 4.31 Å². The van der Waals surface area contributed by atoms with Crippen molar-refractivity contribution in [1.82, 2.24) is 4.31 Å². The highest BCUT2D eigenvalue weighted by atomic mass is 35.5. The number of para-hydroxylation sites is 1. The SMILES string of the molecule is O=C(CN(c1ccccc1Cl)S(=O)(=O)c1ccccc1)Nc1ccc(S(=O)(=O)N2CCOCC2)cc1. The van der Waals surface area contributed by atoms with Gasteiger partial charge in [0.2, 0.25) is 15.9 Å². The molecule has 3 aromatic rings. The molecular weight excluding hydrogens is 526 g/mol. The quantitative estimate of drug-likeness (QED) is 0.462. The molecule has 12 heteroatoms. The first kappa shape index (κ1) is 26.1. The Morgan fingerprint density at radius 2 is 1.47 bits per heavy atom. The van der Waals surface area contributed by atoms with Crippen molar-refractivity contribution in [3.8, 4) is 0 Å². The molecule has 0 aliphatic carbocycles. The number of carbonyl (C=O) groups excluding carboxylic acids is 1. The minimum absolute atomic E-state index is 0.00962. The molecule has 4 rings (SSSR count). The monoisotopic (exact) mass is 549 g/mol. The van der Waals surface area contributed by atoms with Crippen LogP contribution in [-0.2, 0) is 29.6 Å². The summed E-state index contributed by atoms with van der Waals surface area (Å²) in [6.07, 6.45) is 0. The molecule has 1 fully saturated rings. The molecule has 1 amide bonds. The van der Waals surface area contributed by atoms with Crippen LogP contribution in [0.2, 0.25) is 5.02 Å². The van der Waals surface area contributed by atoms with Crippen LogP contribution in [0.25, 0.3) is 0 Å². The molecule has 0 radical (unpaired) electrons. The van der Waals surface area contributed by atoms with Gasteiger partial charge in [-0.15, -0.1) is 0 Å². The zero-order valence-corrected chi connectivity index (χ0v) is 21.5. The molecule has 0 atom stereocenters. The van der Waals surface area contributed by atoms with Gasteiger partial charge in [-0.2, -0.15) is 4.31 Å². The minimum Gasteiger partial charge on any atom is -0.379 e. The van der Waals surface area contributed by atoms with E-state index in [1.807, 2.05) is 0 Å². The van der Waals surface area contributed by atoms with Gasteiger partial charge >= 0.3 is 0 Å². The fourth-order valence-electron chi connectivity index (χ4n) is 3.65. The molecule has 1 aliphatic heterocycles. The lowest BCUT2D eigenvalue weighted by atomic mass is 10.3. The molecular formula is C24H24ClN3O6S2. The molecule has 1 aliphatic rings. The zero-order chi connectivity index (χ0) is 25.8. The van der Waals surface area contributed by atoms with E-state index in [-0.39, 0.29) is 33.6 Å². The summed E-state index contributed by atoms with van der Waals surface area (Å²) in [5, 5.41) is 2.80. The van der Waals surface area contributed by atoms with E-state index in [1.54, 1.807) is 30.3 Å². The van der Waals surface area contributed by atoms with Crippen molar-refractivity contribution in [3.63, 3.8) is 0 Å². The number of rotatable bonds is 8. The van der Waals surface area contributed by atoms with Crippen molar-refractivity contribution in [2.75, 3.05) is 42.5 Å². The van der Waals surface area contributed by atoms with Crippen LogP contribution >= 0.6 is 11.6 Å². The fraction of sp³-hybridized carbons (Fsp3) is 0.208. The second-order valence-corrected chi connectivity index (χ2v) is 12.1. The number of amides is 1. The summed E-state index contributed by atoms with van der Waals surface area (Å²) < 4.78 is 59.9. The van der Waals surface area contributed by atoms with Crippen LogP contribution in [0.4, 0.5) is 11.4 Å². The average molecular weight is 550 g/mol. The van der Waals surface area contributed by atoms with Crippen molar-refractivity contribution in [1.29, 1.82) is 0 Å². The average Bonchev–Trinajstić information content (AvgIpc) is 2.89. The summed E-state index contributed by atoms with van der Waals surface area (Å²) in [6, 6.07) is 19.8. The fourth-order valence-corrected chi connectivity index (χ4v) is 6.81. The summed E-state index contributed by atoms with van der Waals surface area (Å²) in [7, 11) is -7.79. The molecule has 0 unspecified atom stereocenters. The first-order valence-electron chi connectivity index (χ1n) is 11.0. The van der Waals surface area contributed by atoms with E-state index in [1.165, 1.54) is 52.8 Å². The van der Waals surface area contributed by atoms with Crippen LogP contribution in [-0.4, -0.2) is 59.9 Å². The Hall–Kier alpha value is -2.96. The molecule has 1 heterocycles. The molecule has 0 spiro atoms. The highest BCUT2D eigenvalue weighted by Crippen LogP contribution is 2.30. The number of anilines is 2. The highest BCUT2D eigenvalue weighted by molar-refractivity contribution is 7.93. The van der Waals surface area contributed by atoms with Crippen molar-refractivity contribution >= 4 is 48.9 Å². The van der Waals surface area contributed by atoms with Crippen LogP contribution in [0.1, 0.15) is 0 Å². The number of hydrogen-bond acceptors (Lipinski definition) is 6. The van der Waals surface area contributed by atoms with Gasteiger partial charge in [0.1, 0.15) is 6.54 Å². The van der Waals surface area contributed by atoms with Crippen molar-refractivity contribution in [2.45, 2.75) is 9.79 Å². The van der Waals surface area contributed by atoms with Crippen LogP contribution in [0.15, 0.2) is 88.7 Å². The van der Waals surface area contributed by atoms with Gasteiger partial charge in [-0.1, -0.05) is 41.9 Å². The molecule has 1 N–H and O–H groups in total. The van der Waals surface area contributed by atoms with Crippen LogP contribution in [0, 0.1) is 0 Å². The Morgan fingerprint density at radius 3 is 2.11 bits per heavy atom. The molecule has 9 nitrogen and oxygen atoms in total. The van der Waals surface area contributed by atoms with Crippen molar-refractivity contribution in [2.24, 2.45) is 0 Å². The van der Waals surface area contributed by atoms with Gasteiger partial charge in [0, 0.05) is 18.8 Å². The van der Waals surface area contributed by atoms with E-state index >= 15 is 0 Å². The summed E-state index contributed by atoms with van der Waals surface area (Å²) in [4.78, 5) is 13.0. The van der Waals surface area contributed by atoms with Gasteiger partial charge in [0.05, 0.1) is 33.7 Å². The number of nitrogens with zero attached hydrogens (tertiary/aromatic N) is 2. The van der Waals surface area contributed by atoms with Crippen molar-refractivity contribution < 1.29 is 26.4 Å². The third-order valence-electron chi connectivity index (χ3n) is 5.49. The van der Waals surface area contributed by atoms with Crippen LogP contribution in [0.5, 0.6) is 0 Å². The van der Waals surface area contributed by atoms with E-state index in [2.05, 4.69) is 5.32 Å². The number of morpholine rings is 1. The van der Waals surface area contributed by atoms with Crippen LogP contribution in [0.3, 0.4) is 0 Å². The topological polar surface area (TPSA) is 113 Å². The third-order valence-corrected chi connectivity index (χ3v) is 9.49. The first-order valence-corrected chi connectivity index (χ1v) is 14.3. The summed E-state index contributed by atoms with van der Waals surface area (Å²) in [5.74, 6) is -0.627. The van der Waals surface area contributed by atoms with Gasteiger partial charge in [0.25, 0.3) is 10.0 Å². The second kappa shape index (κ2) is 11.0. The summed E-state index contributed by atoms with van der Waals surface area (Å²) >= 11 is 6.27. The molecule has 0 aromatic heterocycles. The van der Waals surface area contributed by atoms with Crippen LogP contribution < -0.4 is 9.62 Å². The predicted octanol–water partition coefficient (Wildman–Crippen LogP) is 3.19. The summed E-state index contributed by atoms with van der Waals surface area (Å²) in [6.45, 7) is 0.667. The lowest BCUT2D eigenvalue weighted by Gasteiger charge is -2.26. The van der Waals surface area contributed by atoms with E-state index in [9.17, 15) is 21.6 Å². The zero-order valence-electron chi connectivity index (χ0n) is 19.1. The Balaban J connectivity index is 1.54. The smallest absolute Gasteiger partial charge is 0.264 e. The predicted molar refractivity (Wildman–Crippen MR) is 137 cm³/mol. The number of hydrogen-bond donors (Lipinski definition) is 1. The van der Waals surface area contributed by atoms with E-state index in [0.29, 0.717) is 18.9 Å². The third kappa shape index (κ3) is 5.71. The Labute approximate surface area is 215 Å². The highest BCUT2D eigenvalue weighted by Gasteiger charge is 2.29. The van der Waals surface area contributed by atoms with Gasteiger partial charge in [-0.3, -0.25) is 9.10 Å². The maximum absolute atomic E-state index is 13.4. The molecule has 3 aromatic carbocycles. The number of carbonyl (C=O) groups is 1. The Kier molecular flexibility index (Phi) is 7.96. The Morgan fingerprint density at radius 1 is 0.861 bits per heavy atom. The lowest BCUT2D eigenvalue weighted by Crippen LogP contribution is -2.40. The molecule has 0 bridgehead atoms. The minimum atomic E-state index is -4.11. The summed E-state index contributed by atoms with van der Waals surface area (Å²) in [5.41, 5.74) is 0.474. The van der Waals surface area contributed by atoms with E-state index < -0.39 is 32.5 Å². The second-order valence-electron chi connectivity index (χ2n) is 7.87. The number of ether oxygens (including phenoxy) is 1. The van der Waals surface area contributed by atoms with Gasteiger partial charge in [-0.25, -0.2) is 16.8 Å². The molecule has 1 saturated heterocycles. The maximum Gasteiger partial charge on any atom is 0.264 e. The lowest BCUT2D eigenvalue weighted by molar-refractivity contribution is -0.114. The number of sulfonamides is 2. The standard InChI is InChI=1S/C24H24ClN3O6S2/c25-22-8-4-5-9-23(22)28(36(32,33)20-6-2-1-3-7-20)18-24(29)26-19-10-12-21(13-11-19)35(30,31)27-14-16-34-17-15-27/h1-13H,14-18H2,(H,26,29). The maximum atomic E-state index is 13.4. The van der Waals surface area contributed by atoms with Gasteiger partial charge in [0.15, 0.2) is 0 Å². The normalized spacial score (nSPS) is 14.8.